The lowest BCUT2D eigenvalue weighted by molar-refractivity contribution is 0.153. The molecule has 1 atom stereocenters. The summed E-state index contributed by atoms with van der Waals surface area (Å²) in [6.45, 7) is 0. The third kappa shape index (κ3) is 3.71. The van der Waals surface area contributed by atoms with E-state index in [1.165, 1.54) is 29.0 Å². The van der Waals surface area contributed by atoms with Crippen LogP contribution in [0.5, 0.6) is 0 Å². The Balaban J connectivity index is 1.75. The second kappa shape index (κ2) is 7.96. The van der Waals surface area contributed by atoms with Crippen LogP contribution in [0.2, 0.25) is 5.02 Å². The Bertz CT molecular complexity index is 1400. The van der Waals surface area contributed by atoms with Crippen LogP contribution in [-0.2, 0) is 0 Å². The standard InChI is InChI=1S/C20H18ClF2N9O/c21-13-16(24)29-20(25)30-17(13)28-14(8-4-5-8)18-27-10-3-1-2-9(15(22)23)12(10)19(33)32(18)11-6-7-26-31-11/h1-3,6-8,14-15H,4-5H2,(H,26,31)(H5,24,25,28,29,30). The maximum atomic E-state index is 13.7. The number of nitrogens with one attached hydrogen (secondary N) is 2. The van der Waals surface area contributed by atoms with Crippen LogP contribution in [-0.4, -0.2) is 29.7 Å². The zero-order valence-corrected chi connectivity index (χ0v) is 17.7. The molecule has 6 N–H and O–H groups in total. The van der Waals surface area contributed by atoms with Crippen molar-refractivity contribution in [1.29, 1.82) is 0 Å². The quantitative estimate of drug-likeness (QED) is 0.333. The largest absolute Gasteiger partial charge is 0.382 e. The van der Waals surface area contributed by atoms with Crippen molar-refractivity contribution < 1.29 is 8.78 Å². The minimum absolute atomic E-state index is 0.000202. The van der Waals surface area contributed by atoms with Crippen molar-refractivity contribution in [2.75, 3.05) is 16.8 Å². The van der Waals surface area contributed by atoms with Gasteiger partial charge in [0.1, 0.15) is 22.5 Å². The number of H-pyrrole nitrogens is 1. The SMILES string of the molecule is Nc1nc(N)c(Cl)c(NC(c2nc3cccc(C(F)F)c3c(=O)n2-c2ccn[nH]2)C2CC2)n1. The maximum Gasteiger partial charge on any atom is 0.267 e. The van der Waals surface area contributed by atoms with Crippen LogP contribution in [0.1, 0.15) is 36.7 Å². The summed E-state index contributed by atoms with van der Waals surface area (Å²) in [5, 5.41) is 9.73. The van der Waals surface area contributed by atoms with Crippen LogP contribution >= 0.6 is 11.6 Å². The molecule has 3 heterocycles. The number of hydrogen-bond donors (Lipinski definition) is 4. The molecule has 4 aromatic rings. The summed E-state index contributed by atoms with van der Waals surface area (Å²) in [5.74, 6) is 0.764. The number of nitrogen functional groups attached to an aromatic ring is 2. The Labute approximate surface area is 190 Å². The van der Waals surface area contributed by atoms with Gasteiger partial charge in [-0.15, -0.1) is 0 Å². The molecule has 170 valence electrons. The van der Waals surface area contributed by atoms with E-state index < -0.39 is 18.0 Å². The Morgan fingerprint density at radius 3 is 2.64 bits per heavy atom. The average Bonchev–Trinajstić information content (AvgIpc) is 3.48. The van der Waals surface area contributed by atoms with Crippen molar-refractivity contribution >= 4 is 40.1 Å². The van der Waals surface area contributed by atoms with Gasteiger partial charge in [-0.2, -0.15) is 15.1 Å². The van der Waals surface area contributed by atoms with E-state index in [1.54, 1.807) is 6.07 Å². The second-order valence-electron chi connectivity index (χ2n) is 7.68. The van der Waals surface area contributed by atoms with Gasteiger partial charge in [-0.3, -0.25) is 9.89 Å². The molecular weight excluding hydrogens is 456 g/mol. The first-order valence-electron chi connectivity index (χ1n) is 10.0. The number of nitrogens with two attached hydrogens (primary N) is 2. The van der Waals surface area contributed by atoms with Crippen LogP contribution in [0.4, 0.5) is 26.4 Å². The van der Waals surface area contributed by atoms with Gasteiger partial charge >= 0.3 is 0 Å². The van der Waals surface area contributed by atoms with E-state index in [0.717, 1.165) is 12.8 Å². The highest BCUT2D eigenvalue weighted by molar-refractivity contribution is 6.35. The molecule has 1 saturated carbocycles. The number of rotatable bonds is 6. The molecule has 1 unspecified atom stereocenters. The van der Waals surface area contributed by atoms with E-state index in [-0.39, 0.29) is 56.6 Å². The van der Waals surface area contributed by atoms with Gasteiger partial charge in [-0.1, -0.05) is 23.7 Å². The molecule has 33 heavy (non-hydrogen) atoms. The number of nitrogens with zero attached hydrogens (tertiary/aromatic N) is 5. The fraction of sp³-hybridized carbons (Fsp3) is 0.250. The zero-order chi connectivity index (χ0) is 23.3. The molecule has 0 bridgehead atoms. The lowest BCUT2D eigenvalue weighted by atomic mass is 10.1. The molecule has 1 aromatic carbocycles. The van der Waals surface area contributed by atoms with Crippen molar-refractivity contribution in [3.05, 3.63) is 57.2 Å². The molecule has 1 fully saturated rings. The normalized spacial score (nSPS) is 14.7. The van der Waals surface area contributed by atoms with Crippen molar-refractivity contribution in [2.24, 2.45) is 5.92 Å². The van der Waals surface area contributed by atoms with Crippen molar-refractivity contribution in [2.45, 2.75) is 25.3 Å². The third-order valence-corrected chi connectivity index (χ3v) is 5.85. The predicted molar refractivity (Wildman–Crippen MR) is 119 cm³/mol. The van der Waals surface area contributed by atoms with Gasteiger partial charge in [-0.25, -0.2) is 18.3 Å². The first-order chi connectivity index (χ1) is 15.8. The van der Waals surface area contributed by atoms with E-state index in [2.05, 4.69) is 30.5 Å². The van der Waals surface area contributed by atoms with E-state index in [1.807, 2.05) is 0 Å². The number of alkyl halides is 2. The van der Waals surface area contributed by atoms with Gasteiger partial charge in [0, 0.05) is 11.6 Å². The molecule has 1 aliphatic rings. The molecule has 0 amide bonds. The second-order valence-corrected chi connectivity index (χ2v) is 8.06. The van der Waals surface area contributed by atoms with E-state index in [4.69, 9.17) is 23.1 Å². The summed E-state index contributed by atoms with van der Waals surface area (Å²) in [4.78, 5) is 26.2. The molecule has 3 aromatic heterocycles. The first kappa shape index (κ1) is 21.1. The lowest BCUT2D eigenvalue weighted by Gasteiger charge is -2.23. The molecule has 0 spiro atoms. The zero-order valence-electron chi connectivity index (χ0n) is 17.0. The van der Waals surface area contributed by atoms with Gasteiger partial charge < -0.3 is 16.8 Å². The monoisotopic (exact) mass is 473 g/mol. The van der Waals surface area contributed by atoms with Gasteiger partial charge in [-0.05, 0) is 24.8 Å². The van der Waals surface area contributed by atoms with E-state index >= 15 is 0 Å². The van der Waals surface area contributed by atoms with Crippen molar-refractivity contribution in [1.82, 2.24) is 29.7 Å². The van der Waals surface area contributed by atoms with Crippen LogP contribution in [0.15, 0.2) is 35.3 Å². The van der Waals surface area contributed by atoms with Gasteiger partial charge in [0.25, 0.3) is 12.0 Å². The van der Waals surface area contributed by atoms with Crippen molar-refractivity contribution in [3.8, 4) is 5.82 Å². The van der Waals surface area contributed by atoms with Gasteiger partial charge in [0.05, 0.1) is 23.1 Å². The fourth-order valence-electron chi connectivity index (χ4n) is 3.82. The third-order valence-electron chi connectivity index (χ3n) is 5.48. The number of hydrogen-bond acceptors (Lipinski definition) is 8. The summed E-state index contributed by atoms with van der Waals surface area (Å²) in [6.07, 6.45) is 0.308. The lowest BCUT2D eigenvalue weighted by Crippen LogP contribution is -2.30. The Kier molecular flexibility index (Phi) is 5.08. The number of benzene rings is 1. The maximum absolute atomic E-state index is 13.7. The van der Waals surface area contributed by atoms with Crippen LogP contribution in [0.3, 0.4) is 0 Å². The highest BCUT2D eigenvalue weighted by Gasteiger charge is 2.37. The number of anilines is 3. The Morgan fingerprint density at radius 2 is 1.97 bits per heavy atom. The van der Waals surface area contributed by atoms with Gasteiger partial charge in [0.15, 0.2) is 5.82 Å². The topological polar surface area (TPSA) is 153 Å². The highest BCUT2D eigenvalue weighted by atomic mass is 35.5. The number of fused-ring (bicyclic) bond motifs is 1. The molecule has 10 nitrogen and oxygen atoms in total. The summed E-state index contributed by atoms with van der Waals surface area (Å²) >= 11 is 6.29. The van der Waals surface area contributed by atoms with Gasteiger partial charge in [0.2, 0.25) is 5.95 Å². The summed E-state index contributed by atoms with van der Waals surface area (Å²) in [7, 11) is 0. The van der Waals surface area contributed by atoms with Crippen LogP contribution < -0.4 is 22.3 Å². The molecule has 1 aliphatic carbocycles. The number of aromatic nitrogens is 6. The minimum Gasteiger partial charge on any atom is -0.382 e. The molecule has 0 aliphatic heterocycles. The predicted octanol–water partition coefficient (Wildman–Crippen LogP) is 3.22. The molecular formula is C20H18ClF2N9O. The fourth-order valence-corrected chi connectivity index (χ4v) is 3.96. The highest BCUT2D eigenvalue weighted by Crippen LogP contribution is 2.44. The molecule has 13 heteroatoms. The summed E-state index contributed by atoms with van der Waals surface area (Å²) in [6, 6.07) is 5.20. The average molecular weight is 474 g/mol. The molecule has 0 saturated heterocycles. The molecule has 0 radical (unpaired) electrons. The van der Waals surface area contributed by atoms with Crippen LogP contribution in [0, 0.1) is 5.92 Å². The van der Waals surface area contributed by atoms with E-state index in [0.29, 0.717) is 0 Å². The number of aromatic amines is 1. The van der Waals surface area contributed by atoms with Crippen molar-refractivity contribution in [3.63, 3.8) is 0 Å². The Morgan fingerprint density at radius 1 is 1.18 bits per heavy atom. The smallest absolute Gasteiger partial charge is 0.267 e. The molecule has 5 rings (SSSR count). The van der Waals surface area contributed by atoms with Crippen LogP contribution in [0.25, 0.3) is 16.7 Å². The summed E-state index contributed by atoms with van der Waals surface area (Å²) in [5.41, 5.74) is 10.7. The van der Waals surface area contributed by atoms with E-state index in [9.17, 15) is 13.6 Å². The first-order valence-corrected chi connectivity index (χ1v) is 10.4. The number of halogens is 3. The minimum atomic E-state index is -2.84. The summed E-state index contributed by atoms with van der Waals surface area (Å²) < 4.78 is 28.6. The Hall–Kier alpha value is -3.80.